The van der Waals surface area contributed by atoms with Gasteiger partial charge in [0.15, 0.2) is 12.4 Å². The van der Waals surface area contributed by atoms with Gasteiger partial charge in [0.25, 0.3) is 0 Å². The number of anilines is 1. The SMILES string of the molecule is CN(c1ccc(C(=O)COC(=O)c2ccc(O)cc2)cc1)S(C)(=O)=O. The van der Waals surface area contributed by atoms with E-state index in [4.69, 9.17) is 9.84 Å². The first-order valence-electron chi connectivity index (χ1n) is 7.22. The molecular weight excluding hydrogens is 346 g/mol. The number of carbonyl (C=O) groups is 2. The summed E-state index contributed by atoms with van der Waals surface area (Å²) in [7, 11) is -1.97. The van der Waals surface area contributed by atoms with Crippen LogP contribution in [0.15, 0.2) is 48.5 Å². The summed E-state index contributed by atoms with van der Waals surface area (Å²) in [5.41, 5.74) is 0.931. The van der Waals surface area contributed by atoms with Gasteiger partial charge in [-0.15, -0.1) is 0 Å². The van der Waals surface area contributed by atoms with Crippen LogP contribution in [-0.4, -0.2) is 45.2 Å². The number of aromatic hydroxyl groups is 1. The lowest BCUT2D eigenvalue weighted by atomic mass is 10.1. The van der Waals surface area contributed by atoms with Gasteiger partial charge >= 0.3 is 5.97 Å². The molecule has 0 heterocycles. The van der Waals surface area contributed by atoms with Crippen molar-refractivity contribution in [2.75, 3.05) is 24.2 Å². The molecule has 25 heavy (non-hydrogen) atoms. The molecule has 2 rings (SSSR count). The minimum atomic E-state index is -3.38. The predicted octanol–water partition coefficient (Wildman–Crippen LogP) is 1.83. The zero-order valence-electron chi connectivity index (χ0n) is 13.7. The number of ketones is 1. The number of nitrogens with zero attached hydrogens (tertiary/aromatic N) is 1. The third-order valence-corrected chi connectivity index (χ3v) is 4.69. The number of hydrogen-bond donors (Lipinski definition) is 1. The lowest BCUT2D eigenvalue weighted by Gasteiger charge is -2.16. The highest BCUT2D eigenvalue weighted by Crippen LogP contribution is 2.17. The van der Waals surface area contributed by atoms with E-state index in [9.17, 15) is 18.0 Å². The molecule has 0 bridgehead atoms. The minimum absolute atomic E-state index is 0.0202. The third-order valence-electron chi connectivity index (χ3n) is 3.49. The Morgan fingerprint density at radius 1 is 1.00 bits per heavy atom. The molecule has 2 aromatic carbocycles. The monoisotopic (exact) mass is 363 g/mol. The van der Waals surface area contributed by atoms with Crippen molar-refractivity contribution in [3.05, 3.63) is 59.7 Å². The number of rotatable bonds is 6. The molecule has 1 N–H and O–H groups in total. The zero-order valence-corrected chi connectivity index (χ0v) is 14.5. The Bertz CT molecular complexity index is 872. The standard InChI is InChI=1S/C17H17NO6S/c1-18(25(2,22)23)14-7-3-12(4-8-14)16(20)11-24-17(21)13-5-9-15(19)10-6-13/h3-10,19H,11H2,1-2H3. The molecule has 0 unspecified atom stereocenters. The van der Waals surface area contributed by atoms with Gasteiger partial charge in [0.2, 0.25) is 10.0 Å². The van der Waals surface area contributed by atoms with E-state index < -0.39 is 28.4 Å². The molecule has 0 aliphatic rings. The Kier molecular flexibility index (Phi) is 5.43. The second-order valence-electron chi connectivity index (χ2n) is 5.32. The Morgan fingerprint density at radius 3 is 2.04 bits per heavy atom. The summed E-state index contributed by atoms with van der Waals surface area (Å²) in [6.07, 6.45) is 1.08. The average Bonchev–Trinajstić information content (AvgIpc) is 2.58. The maximum Gasteiger partial charge on any atom is 0.338 e. The van der Waals surface area contributed by atoms with Crippen molar-refractivity contribution in [3.8, 4) is 5.75 Å². The Hall–Kier alpha value is -2.87. The summed E-state index contributed by atoms with van der Waals surface area (Å²) in [5, 5.41) is 9.17. The van der Waals surface area contributed by atoms with E-state index in [1.807, 2.05) is 0 Å². The number of phenolic OH excluding ortho intramolecular Hbond substituents is 1. The molecule has 0 saturated heterocycles. The van der Waals surface area contributed by atoms with Gasteiger partial charge in [-0.1, -0.05) is 0 Å². The summed E-state index contributed by atoms with van der Waals surface area (Å²) in [4.78, 5) is 23.9. The summed E-state index contributed by atoms with van der Waals surface area (Å²) in [6, 6.07) is 11.4. The Labute approximate surface area is 145 Å². The predicted molar refractivity (Wildman–Crippen MR) is 92.4 cm³/mol. The van der Waals surface area contributed by atoms with Crippen LogP contribution in [0.4, 0.5) is 5.69 Å². The normalized spacial score (nSPS) is 11.0. The van der Waals surface area contributed by atoms with Gasteiger partial charge in [0.05, 0.1) is 17.5 Å². The number of Topliss-reactive ketones (excluding diaryl/α,β-unsaturated/α-hetero) is 1. The van der Waals surface area contributed by atoms with E-state index in [0.717, 1.165) is 10.6 Å². The number of sulfonamides is 1. The van der Waals surface area contributed by atoms with E-state index in [-0.39, 0.29) is 11.3 Å². The maximum atomic E-state index is 12.1. The molecule has 0 aliphatic carbocycles. The van der Waals surface area contributed by atoms with Crippen molar-refractivity contribution in [3.63, 3.8) is 0 Å². The molecule has 0 fully saturated rings. The first kappa shape index (κ1) is 18.5. The molecular formula is C17H17NO6S. The Balaban J connectivity index is 1.99. The minimum Gasteiger partial charge on any atom is -0.508 e. The molecule has 8 heteroatoms. The first-order valence-corrected chi connectivity index (χ1v) is 9.06. The number of benzene rings is 2. The van der Waals surface area contributed by atoms with Crippen molar-refractivity contribution >= 4 is 27.5 Å². The van der Waals surface area contributed by atoms with E-state index in [0.29, 0.717) is 11.3 Å². The van der Waals surface area contributed by atoms with Crippen LogP contribution in [0.1, 0.15) is 20.7 Å². The molecule has 0 atom stereocenters. The fourth-order valence-corrected chi connectivity index (χ4v) is 2.45. The Morgan fingerprint density at radius 2 is 1.52 bits per heavy atom. The number of phenols is 1. The van der Waals surface area contributed by atoms with Gasteiger partial charge in [0.1, 0.15) is 5.75 Å². The highest BCUT2D eigenvalue weighted by Gasteiger charge is 2.14. The molecule has 0 radical (unpaired) electrons. The highest BCUT2D eigenvalue weighted by molar-refractivity contribution is 7.92. The zero-order chi connectivity index (χ0) is 18.6. The fourth-order valence-electron chi connectivity index (χ4n) is 1.94. The van der Waals surface area contributed by atoms with E-state index in [1.54, 1.807) is 0 Å². The number of carbonyl (C=O) groups excluding carboxylic acids is 2. The fraction of sp³-hybridized carbons (Fsp3) is 0.176. The van der Waals surface area contributed by atoms with Crippen LogP contribution in [0.2, 0.25) is 0 Å². The third kappa shape index (κ3) is 4.80. The molecule has 0 aliphatic heterocycles. The van der Waals surface area contributed by atoms with Crippen molar-refractivity contribution in [1.29, 1.82) is 0 Å². The van der Waals surface area contributed by atoms with Gasteiger partial charge in [-0.2, -0.15) is 0 Å². The molecule has 0 aromatic heterocycles. The summed E-state index contributed by atoms with van der Waals surface area (Å²) < 4.78 is 29.0. The van der Waals surface area contributed by atoms with Crippen molar-refractivity contribution < 1.29 is 27.9 Å². The summed E-state index contributed by atoms with van der Waals surface area (Å²) in [6.45, 7) is -0.443. The lowest BCUT2D eigenvalue weighted by molar-refractivity contribution is 0.0474. The molecule has 7 nitrogen and oxygen atoms in total. The van der Waals surface area contributed by atoms with Crippen LogP contribution in [0, 0.1) is 0 Å². The quantitative estimate of drug-likeness (QED) is 0.621. The van der Waals surface area contributed by atoms with Crippen LogP contribution >= 0.6 is 0 Å². The van der Waals surface area contributed by atoms with E-state index in [2.05, 4.69) is 0 Å². The van der Waals surface area contributed by atoms with Gasteiger partial charge in [-0.05, 0) is 48.5 Å². The van der Waals surface area contributed by atoms with Crippen LogP contribution in [0.25, 0.3) is 0 Å². The lowest BCUT2D eigenvalue weighted by Crippen LogP contribution is -2.24. The van der Waals surface area contributed by atoms with Crippen LogP contribution in [0.3, 0.4) is 0 Å². The number of hydrogen-bond acceptors (Lipinski definition) is 6. The van der Waals surface area contributed by atoms with Crippen molar-refractivity contribution in [2.45, 2.75) is 0 Å². The van der Waals surface area contributed by atoms with Crippen molar-refractivity contribution in [1.82, 2.24) is 0 Å². The topological polar surface area (TPSA) is 101 Å². The summed E-state index contributed by atoms with van der Waals surface area (Å²) in [5.74, 6) is -1.07. The second-order valence-corrected chi connectivity index (χ2v) is 7.34. The van der Waals surface area contributed by atoms with Gasteiger partial charge in [-0.3, -0.25) is 9.10 Å². The maximum absolute atomic E-state index is 12.1. The second kappa shape index (κ2) is 7.35. The largest absolute Gasteiger partial charge is 0.508 e. The van der Waals surface area contributed by atoms with E-state index in [1.165, 1.54) is 55.6 Å². The molecule has 132 valence electrons. The van der Waals surface area contributed by atoms with E-state index >= 15 is 0 Å². The van der Waals surface area contributed by atoms with Crippen LogP contribution < -0.4 is 4.31 Å². The smallest absolute Gasteiger partial charge is 0.338 e. The average molecular weight is 363 g/mol. The molecule has 0 amide bonds. The van der Waals surface area contributed by atoms with Crippen LogP contribution in [0.5, 0.6) is 5.75 Å². The summed E-state index contributed by atoms with van der Waals surface area (Å²) >= 11 is 0. The highest BCUT2D eigenvalue weighted by atomic mass is 32.2. The van der Waals surface area contributed by atoms with Gasteiger partial charge in [0, 0.05) is 12.6 Å². The molecule has 0 spiro atoms. The molecule has 2 aromatic rings. The van der Waals surface area contributed by atoms with Gasteiger partial charge in [-0.25, -0.2) is 13.2 Å². The number of esters is 1. The van der Waals surface area contributed by atoms with Gasteiger partial charge < -0.3 is 9.84 Å². The van der Waals surface area contributed by atoms with Crippen molar-refractivity contribution in [2.24, 2.45) is 0 Å². The molecule has 0 saturated carbocycles. The number of ether oxygens (including phenoxy) is 1. The first-order chi connectivity index (χ1) is 11.7. The van der Waals surface area contributed by atoms with Crippen LogP contribution in [-0.2, 0) is 14.8 Å².